The van der Waals surface area contributed by atoms with Gasteiger partial charge in [0, 0.05) is 6.54 Å². The Kier molecular flexibility index (Phi) is 4.57. The molecule has 0 aliphatic carbocycles. The van der Waals surface area contributed by atoms with Crippen molar-refractivity contribution >= 4 is 23.0 Å². The lowest BCUT2D eigenvalue weighted by atomic mass is 10.2. The molecular weight excluding hydrogens is 272 g/mol. The first-order valence-corrected chi connectivity index (χ1v) is 6.83. The summed E-state index contributed by atoms with van der Waals surface area (Å²) in [5, 5.41) is 0. The van der Waals surface area contributed by atoms with Crippen molar-refractivity contribution in [3.63, 3.8) is 0 Å². The quantitative estimate of drug-likeness (QED) is 0.787. The van der Waals surface area contributed by atoms with Crippen LogP contribution in [0.4, 0.5) is 0 Å². The number of ether oxygens (including phenoxy) is 2. The Balaban J connectivity index is 2.42. The van der Waals surface area contributed by atoms with Gasteiger partial charge in [-0.15, -0.1) is 0 Å². The molecule has 21 heavy (non-hydrogen) atoms. The third kappa shape index (κ3) is 3.04. The molecule has 0 amide bonds. The molecule has 2 rings (SSSR count). The van der Waals surface area contributed by atoms with E-state index in [9.17, 15) is 9.59 Å². The molecule has 1 aromatic heterocycles. The van der Waals surface area contributed by atoms with E-state index in [1.54, 1.807) is 19.1 Å². The van der Waals surface area contributed by atoms with Gasteiger partial charge < -0.3 is 14.0 Å². The second-order valence-electron chi connectivity index (χ2n) is 4.45. The molecule has 1 aromatic carbocycles. The molecule has 0 spiro atoms. The van der Waals surface area contributed by atoms with Gasteiger partial charge in [0.15, 0.2) is 0 Å². The zero-order chi connectivity index (χ0) is 15.4. The van der Waals surface area contributed by atoms with E-state index in [2.05, 4.69) is 4.98 Å². The van der Waals surface area contributed by atoms with E-state index in [0.717, 1.165) is 5.52 Å². The number of hydrogen-bond acceptors (Lipinski definition) is 5. The van der Waals surface area contributed by atoms with E-state index in [0.29, 0.717) is 30.1 Å². The minimum Gasteiger partial charge on any atom is -0.466 e. The summed E-state index contributed by atoms with van der Waals surface area (Å²) in [6.07, 6.45) is 0.115. The summed E-state index contributed by atoms with van der Waals surface area (Å²) in [6.45, 7) is 4.77. The van der Waals surface area contributed by atoms with Crippen LogP contribution in [0.25, 0.3) is 11.0 Å². The van der Waals surface area contributed by atoms with Crippen LogP contribution in [-0.4, -0.2) is 35.2 Å². The van der Waals surface area contributed by atoms with Gasteiger partial charge >= 0.3 is 11.9 Å². The lowest BCUT2D eigenvalue weighted by molar-refractivity contribution is -0.142. The van der Waals surface area contributed by atoms with Crippen molar-refractivity contribution in [2.24, 2.45) is 0 Å². The zero-order valence-electron chi connectivity index (χ0n) is 12.4. The fourth-order valence-corrected chi connectivity index (χ4v) is 2.25. The molecule has 0 radical (unpaired) electrons. The molecule has 0 saturated carbocycles. The van der Waals surface area contributed by atoms with Gasteiger partial charge in [-0.1, -0.05) is 0 Å². The molecule has 0 saturated heterocycles. The lowest BCUT2D eigenvalue weighted by Crippen LogP contribution is -2.12. The number of benzene rings is 1. The van der Waals surface area contributed by atoms with Gasteiger partial charge in [0.2, 0.25) is 0 Å². The summed E-state index contributed by atoms with van der Waals surface area (Å²) in [7, 11) is 1.34. The van der Waals surface area contributed by atoms with Gasteiger partial charge in [-0.25, -0.2) is 9.78 Å². The molecule has 0 aliphatic heterocycles. The molecule has 0 unspecified atom stereocenters. The summed E-state index contributed by atoms with van der Waals surface area (Å²) >= 11 is 0. The fraction of sp³-hybridized carbons (Fsp3) is 0.400. The first-order valence-electron chi connectivity index (χ1n) is 6.83. The van der Waals surface area contributed by atoms with Gasteiger partial charge in [0.25, 0.3) is 0 Å². The number of hydrogen-bond donors (Lipinski definition) is 0. The molecule has 112 valence electrons. The van der Waals surface area contributed by atoms with E-state index in [-0.39, 0.29) is 12.4 Å². The summed E-state index contributed by atoms with van der Waals surface area (Å²) in [4.78, 5) is 27.6. The van der Waals surface area contributed by atoms with Crippen molar-refractivity contribution < 1.29 is 19.1 Å². The molecule has 6 heteroatoms. The van der Waals surface area contributed by atoms with Crippen LogP contribution in [0.1, 0.15) is 30.0 Å². The van der Waals surface area contributed by atoms with Crippen molar-refractivity contribution in [2.45, 2.75) is 26.8 Å². The van der Waals surface area contributed by atoms with E-state index in [4.69, 9.17) is 9.47 Å². The Hall–Kier alpha value is -2.37. The van der Waals surface area contributed by atoms with Crippen LogP contribution in [0.2, 0.25) is 0 Å². The molecule has 2 aromatic rings. The number of carbonyl (C=O) groups excluding carboxylic acids is 2. The lowest BCUT2D eigenvalue weighted by Gasteiger charge is -2.05. The number of carbonyl (C=O) groups is 2. The molecule has 6 nitrogen and oxygen atoms in total. The Labute approximate surface area is 122 Å². The van der Waals surface area contributed by atoms with Crippen LogP contribution >= 0.6 is 0 Å². The smallest absolute Gasteiger partial charge is 0.337 e. The number of fused-ring (bicyclic) bond motifs is 1. The Bertz CT molecular complexity index is 676. The average Bonchev–Trinajstić information content (AvgIpc) is 2.82. The molecule has 0 fully saturated rings. The predicted molar refractivity (Wildman–Crippen MR) is 77.1 cm³/mol. The summed E-state index contributed by atoms with van der Waals surface area (Å²) in [5.41, 5.74) is 1.98. The molecule has 0 atom stereocenters. The van der Waals surface area contributed by atoms with Gasteiger partial charge in [0.1, 0.15) is 12.2 Å². The molecule has 1 heterocycles. The monoisotopic (exact) mass is 290 g/mol. The highest BCUT2D eigenvalue weighted by Crippen LogP contribution is 2.19. The summed E-state index contributed by atoms with van der Waals surface area (Å²) in [5.74, 6) is -0.0847. The number of methoxy groups -OCH3 is 1. The SMILES string of the molecule is CCOC(=O)Cc1nc2cc(C(=O)OC)ccc2n1CC. The van der Waals surface area contributed by atoms with Crippen LogP contribution in [-0.2, 0) is 27.2 Å². The number of aryl methyl sites for hydroxylation is 1. The fourth-order valence-electron chi connectivity index (χ4n) is 2.25. The first kappa shape index (κ1) is 15.0. The third-order valence-corrected chi connectivity index (χ3v) is 3.17. The highest BCUT2D eigenvalue weighted by Gasteiger charge is 2.15. The van der Waals surface area contributed by atoms with E-state index in [1.165, 1.54) is 7.11 Å². The normalized spacial score (nSPS) is 10.6. The maximum Gasteiger partial charge on any atom is 0.337 e. The average molecular weight is 290 g/mol. The van der Waals surface area contributed by atoms with Gasteiger partial charge in [0.05, 0.1) is 30.3 Å². The van der Waals surface area contributed by atoms with Gasteiger partial charge in [-0.3, -0.25) is 4.79 Å². The topological polar surface area (TPSA) is 70.4 Å². The van der Waals surface area contributed by atoms with Crippen molar-refractivity contribution in [2.75, 3.05) is 13.7 Å². The van der Waals surface area contributed by atoms with Crippen LogP contribution in [0.3, 0.4) is 0 Å². The van der Waals surface area contributed by atoms with E-state index in [1.807, 2.05) is 17.6 Å². The van der Waals surface area contributed by atoms with Gasteiger partial charge in [-0.05, 0) is 32.0 Å². The largest absolute Gasteiger partial charge is 0.466 e. The van der Waals surface area contributed by atoms with Crippen LogP contribution < -0.4 is 0 Å². The number of imidazole rings is 1. The molecular formula is C15H18N2O4. The maximum absolute atomic E-state index is 11.6. The summed E-state index contributed by atoms with van der Waals surface area (Å²) in [6, 6.07) is 5.17. The summed E-state index contributed by atoms with van der Waals surface area (Å²) < 4.78 is 11.6. The van der Waals surface area contributed by atoms with Crippen molar-refractivity contribution in [3.8, 4) is 0 Å². The molecule has 0 aliphatic rings. The first-order chi connectivity index (χ1) is 10.1. The number of rotatable bonds is 5. The van der Waals surface area contributed by atoms with Crippen molar-refractivity contribution in [1.82, 2.24) is 9.55 Å². The third-order valence-electron chi connectivity index (χ3n) is 3.17. The van der Waals surface area contributed by atoms with Gasteiger partial charge in [-0.2, -0.15) is 0 Å². The Morgan fingerprint density at radius 3 is 2.67 bits per heavy atom. The van der Waals surface area contributed by atoms with Crippen LogP contribution in [0.5, 0.6) is 0 Å². The molecule has 0 N–H and O–H groups in total. The number of esters is 2. The van der Waals surface area contributed by atoms with Crippen LogP contribution in [0, 0.1) is 0 Å². The van der Waals surface area contributed by atoms with Crippen molar-refractivity contribution in [1.29, 1.82) is 0 Å². The number of aromatic nitrogens is 2. The van der Waals surface area contributed by atoms with E-state index >= 15 is 0 Å². The zero-order valence-corrected chi connectivity index (χ0v) is 12.4. The predicted octanol–water partition coefficient (Wildman–Crippen LogP) is 1.95. The van der Waals surface area contributed by atoms with Crippen LogP contribution in [0.15, 0.2) is 18.2 Å². The second kappa shape index (κ2) is 6.39. The molecule has 0 bridgehead atoms. The highest BCUT2D eigenvalue weighted by molar-refractivity contribution is 5.93. The minimum atomic E-state index is -0.408. The number of nitrogens with zero attached hydrogens (tertiary/aromatic N) is 2. The Morgan fingerprint density at radius 2 is 2.05 bits per heavy atom. The Morgan fingerprint density at radius 1 is 1.29 bits per heavy atom. The standard InChI is InChI=1S/C15H18N2O4/c1-4-17-12-7-6-10(15(19)20-3)8-11(12)16-13(17)9-14(18)21-5-2/h6-8H,4-5,9H2,1-3H3. The highest BCUT2D eigenvalue weighted by atomic mass is 16.5. The maximum atomic E-state index is 11.6. The minimum absolute atomic E-state index is 0.115. The second-order valence-corrected chi connectivity index (χ2v) is 4.45. The van der Waals surface area contributed by atoms with E-state index < -0.39 is 5.97 Å². The van der Waals surface area contributed by atoms with Crippen molar-refractivity contribution in [3.05, 3.63) is 29.6 Å².